The normalized spacial score (nSPS) is 18.2. The highest BCUT2D eigenvalue weighted by Gasteiger charge is 2.50. The number of unbranched alkanes of at least 4 members (excludes halogenated alkanes) is 30. The average Bonchev–Trinajstić information content (AvgIpc) is 3.53. The van der Waals surface area contributed by atoms with Crippen LogP contribution < -0.4 is 0 Å². The van der Waals surface area contributed by atoms with Crippen LogP contribution in [0.5, 0.6) is 0 Å². The molecule has 1 saturated heterocycles. The van der Waals surface area contributed by atoms with Crippen LogP contribution in [0.3, 0.4) is 0 Å². The monoisotopic (exact) mass is 1140 g/mol. The van der Waals surface area contributed by atoms with E-state index in [1.807, 2.05) is 12.2 Å². The quantitative estimate of drug-likeness (QED) is 0.0228. The molecule has 0 bridgehead atoms. The Labute approximate surface area is 493 Å². The van der Waals surface area contributed by atoms with E-state index in [4.69, 9.17) is 23.7 Å². The fourth-order valence-electron chi connectivity index (χ4n) is 9.75. The molecule has 0 aromatic rings. The molecule has 1 aliphatic heterocycles. The van der Waals surface area contributed by atoms with Crippen molar-refractivity contribution in [3.8, 4) is 0 Å². The summed E-state index contributed by atoms with van der Waals surface area (Å²) in [5, 5.41) is 31.6. The van der Waals surface area contributed by atoms with Gasteiger partial charge in [0.15, 0.2) is 24.6 Å². The molecule has 466 valence electrons. The Morgan fingerprint density at radius 3 is 1.23 bits per heavy atom. The first-order valence-electron chi connectivity index (χ1n) is 32.9. The molecule has 3 N–H and O–H groups in total. The number of carbonyl (C=O) groups excluding carboxylic acids is 3. The Kier molecular flexibility index (Phi) is 52.6. The second-order valence-electron chi connectivity index (χ2n) is 22.4. The van der Waals surface area contributed by atoms with Crippen LogP contribution in [0, 0.1) is 0 Å². The van der Waals surface area contributed by atoms with Gasteiger partial charge in [0.25, 0.3) is 0 Å². The molecule has 0 saturated carbocycles. The molecule has 6 unspecified atom stereocenters. The summed E-state index contributed by atoms with van der Waals surface area (Å²) < 4.78 is 28.5. The molecule has 6 atom stereocenters. The highest BCUT2D eigenvalue weighted by molar-refractivity contribution is 5.74. The number of hydrogen-bond donors (Lipinski definition) is 3. The van der Waals surface area contributed by atoms with E-state index in [0.717, 1.165) is 70.6 Å². The van der Waals surface area contributed by atoms with E-state index in [2.05, 4.69) is 81.5 Å². The zero-order valence-electron chi connectivity index (χ0n) is 51.5. The van der Waals surface area contributed by atoms with E-state index < -0.39 is 67.3 Å². The van der Waals surface area contributed by atoms with Gasteiger partial charge in [-0.1, -0.05) is 261 Å². The summed E-state index contributed by atoms with van der Waals surface area (Å²) in [5.41, 5.74) is 0. The Morgan fingerprint density at radius 1 is 0.420 bits per heavy atom. The molecule has 1 fully saturated rings. The van der Waals surface area contributed by atoms with Gasteiger partial charge in [0.1, 0.15) is 18.8 Å². The first kappa shape index (κ1) is 75.2. The zero-order valence-corrected chi connectivity index (χ0v) is 51.5. The van der Waals surface area contributed by atoms with Crippen LogP contribution >= 0.6 is 0 Å². The van der Waals surface area contributed by atoms with Crippen LogP contribution in [-0.2, 0) is 42.9 Å². The predicted octanol–water partition coefficient (Wildman–Crippen LogP) is 17.7. The second kappa shape index (κ2) is 56.6. The molecule has 1 aliphatic rings. The maximum atomic E-state index is 13.2. The number of ether oxygens (including phenoxy) is 5. The van der Waals surface area contributed by atoms with E-state index in [-0.39, 0.29) is 25.9 Å². The lowest BCUT2D eigenvalue weighted by molar-refractivity contribution is -0.301. The molecule has 12 heteroatoms. The smallest absolute Gasteiger partial charge is 0.335 e. The predicted molar refractivity (Wildman–Crippen MR) is 331 cm³/mol. The second-order valence-corrected chi connectivity index (χ2v) is 22.4. The van der Waals surface area contributed by atoms with Gasteiger partial charge in [0.2, 0.25) is 0 Å². The number of hydrogen-bond acceptors (Lipinski definition) is 11. The van der Waals surface area contributed by atoms with Gasteiger partial charge < -0.3 is 39.0 Å². The van der Waals surface area contributed by atoms with Crippen LogP contribution in [0.1, 0.15) is 290 Å². The lowest BCUT2D eigenvalue weighted by Crippen LogP contribution is -2.61. The van der Waals surface area contributed by atoms with Gasteiger partial charge in [-0.15, -0.1) is 0 Å². The molecule has 0 aromatic heterocycles. The molecule has 0 spiro atoms. The molecular formula is C69H118O12. The molecule has 12 nitrogen and oxygen atoms in total. The molecule has 81 heavy (non-hydrogen) atoms. The van der Waals surface area contributed by atoms with Crippen molar-refractivity contribution in [2.75, 3.05) is 13.2 Å². The van der Waals surface area contributed by atoms with Crippen molar-refractivity contribution in [3.63, 3.8) is 0 Å². The van der Waals surface area contributed by atoms with E-state index in [9.17, 15) is 34.5 Å². The third kappa shape index (κ3) is 46.3. The molecule has 0 radical (unpaired) electrons. The molecule has 1 rings (SSSR count). The van der Waals surface area contributed by atoms with E-state index in [1.165, 1.54) is 154 Å². The lowest BCUT2D eigenvalue weighted by Gasteiger charge is -2.40. The lowest BCUT2D eigenvalue weighted by atomic mass is 9.98. The van der Waals surface area contributed by atoms with Crippen molar-refractivity contribution >= 4 is 23.9 Å². The van der Waals surface area contributed by atoms with Crippen LogP contribution in [-0.4, -0.2) is 89.2 Å². The minimum Gasteiger partial charge on any atom is -0.479 e. The zero-order chi connectivity index (χ0) is 58.9. The van der Waals surface area contributed by atoms with E-state index in [0.29, 0.717) is 25.7 Å². The van der Waals surface area contributed by atoms with Crippen molar-refractivity contribution in [1.29, 1.82) is 0 Å². The Bertz CT molecular complexity index is 1680. The topological polar surface area (TPSA) is 175 Å². The average molecular weight is 1140 g/mol. The Balaban J connectivity index is 2.68. The summed E-state index contributed by atoms with van der Waals surface area (Å²) in [6.45, 7) is 5.89. The minimum absolute atomic E-state index is 0.0180. The maximum absolute atomic E-state index is 13.2. The summed E-state index contributed by atoms with van der Waals surface area (Å²) in [6, 6.07) is 0. The number of aliphatic hydroxyl groups is 2. The van der Waals surface area contributed by atoms with Crippen molar-refractivity contribution in [3.05, 3.63) is 72.9 Å². The van der Waals surface area contributed by atoms with Crippen molar-refractivity contribution < 1.29 is 58.2 Å². The highest BCUT2D eigenvalue weighted by Crippen LogP contribution is 2.26. The SMILES string of the molecule is CC/C=C\C/C=C\C/C=C\C/C=C\C/C=C\CCCC(=O)OC1C(OCC(COC(=O)CCCCCCCCCCC/C=C\CCCCCCCC)OC(=O)CCCCCCCCCCCCCCCCC)OC(C(=O)O)C(O)C1O. The van der Waals surface area contributed by atoms with Gasteiger partial charge in [-0.05, 0) is 83.5 Å². The summed E-state index contributed by atoms with van der Waals surface area (Å²) in [7, 11) is 0. The largest absolute Gasteiger partial charge is 0.479 e. The number of esters is 3. The van der Waals surface area contributed by atoms with Crippen molar-refractivity contribution in [2.45, 2.75) is 327 Å². The number of rotatable bonds is 56. The van der Waals surface area contributed by atoms with Crippen molar-refractivity contribution in [2.24, 2.45) is 0 Å². The van der Waals surface area contributed by atoms with Crippen molar-refractivity contribution in [1.82, 2.24) is 0 Å². The summed E-state index contributed by atoms with van der Waals surface area (Å²) in [5.74, 6) is -3.18. The van der Waals surface area contributed by atoms with Gasteiger partial charge in [0.05, 0.1) is 6.61 Å². The van der Waals surface area contributed by atoms with Crippen LogP contribution in [0.25, 0.3) is 0 Å². The molecular weight excluding hydrogens is 1020 g/mol. The third-order valence-corrected chi connectivity index (χ3v) is 14.8. The number of allylic oxidation sites excluding steroid dienone is 12. The number of aliphatic hydroxyl groups excluding tert-OH is 2. The van der Waals surface area contributed by atoms with Gasteiger partial charge in [-0.25, -0.2) is 4.79 Å². The Hall–Kier alpha value is -3.84. The van der Waals surface area contributed by atoms with E-state index >= 15 is 0 Å². The van der Waals surface area contributed by atoms with E-state index in [1.54, 1.807) is 0 Å². The number of carboxylic acid groups (broad SMARTS) is 1. The Morgan fingerprint density at radius 2 is 0.790 bits per heavy atom. The standard InChI is InChI=1S/C69H118O12/c1-4-7-10-13-16-19-22-25-28-30-31-33-35-37-40-43-46-49-52-55-61(70)77-58-60(79-62(71)56-53-50-47-44-41-38-34-27-24-21-18-15-12-9-6-3)59-78-69-67(65(74)64(73)66(81-69)68(75)76)80-63(72)57-54-51-48-45-42-39-36-32-29-26-23-20-17-14-11-8-5-2/h8,11,17,20,25-26,28-29,36,39,45,48,60,64-67,69,73-74H,4-7,9-10,12-16,18-19,21-24,27,30-35,37-38,40-44,46-47,49-59H2,1-3H3,(H,75,76)/b11-8-,20-17-,28-25-,29-26-,39-36-,48-45-. The van der Waals surface area contributed by atoms with Crippen LogP contribution in [0.2, 0.25) is 0 Å². The molecule has 1 heterocycles. The summed E-state index contributed by atoms with van der Waals surface area (Å²) in [6.07, 6.45) is 60.1. The van der Waals surface area contributed by atoms with Crippen LogP contribution in [0.4, 0.5) is 0 Å². The first-order valence-corrected chi connectivity index (χ1v) is 32.9. The molecule has 0 amide bonds. The fraction of sp³-hybridized carbons (Fsp3) is 0.768. The fourth-order valence-corrected chi connectivity index (χ4v) is 9.75. The number of carboxylic acids is 1. The van der Waals surface area contributed by atoms with Gasteiger partial charge >= 0.3 is 23.9 Å². The number of aliphatic carboxylic acids is 1. The summed E-state index contributed by atoms with van der Waals surface area (Å²) >= 11 is 0. The maximum Gasteiger partial charge on any atom is 0.335 e. The van der Waals surface area contributed by atoms with Crippen LogP contribution in [0.15, 0.2) is 72.9 Å². The highest BCUT2D eigenvalue weighted by atomic mass is 16.7. The van der Waals surface area contributed by atoms with Gasteiger partial charge in [-0.3, -0.25) is 14.4 Å². The number of carbonyl (C=O) groups is 4. The molecule has 0 aromatic carbocycles. The third-order valence-electron chi connectivity index (χ3n) is 14.8. The van der Waals surface area contributed by atoms with Gasteiger partial charge in [-0.2, -0.15) is 0 Å². The molecule has 0 aliphatic carbocycles. The first-order chi connectivity index (χ1) is 39.6. The minimum atomic E-state index is -1.92. The van der Waals surface area contributed by atoms with Gasteiger partial charge in [0, 0.05) is 19.3 Å². The summed E-state index contributed by atoms with van der Waals surface area (Å²) in [4.78, 5) is 51.3.